The Morgan fingerprint density at radius 2 is 1.78 bits per heavy atom. The molecule has 114 valence electrons. The van der Waals surface area contributed by atoms with Crippen LogP contribution in [-0.4, -0.2) is 11.6 Å². The molecule has 1 heterocycles. The predicted octanol–water partition coefficient (Wildman–Crippen LogP) is 4.00. The smallest absolute Gasteiger partial charge is 0.123 e. The Morgan fingerprint density at radius 1 is 1.04 bits per heavy atom. The molecular formula is C19H16FN3. The highest BCUT2D eigenvalue weighted by atomic mass is 19.1. The highest BCUT2D eigenvalue weighted by Gasteiger charge is 2.11. The van der Waals surface area contributed by atoms with Crippen molar-refractivity contribution in [2.24, 2.45) is 0 Å². The SMILES string of the molecule is N#Cc1ccc(N2C=CN(C=CCc3ccc(F)cc3)C2)cc1. The van der Waals surface area contributed by atoms with E-state index in [9.17, 15) is 4.39 Å². The van der Waals surface area contributed by atoms with E-state index in [-0.39, 0.29) is 5.82 Å². The van der Waals surface area contributed by atoms with Crippen LogP contribution >= 0.6 is 0 Å². The van der Waals surface area contributed by atoms with Crippen LogP contribution in [0.2, 0.25) is 0 Å². The minimum Gasteiger partial charge on any atom is -0.335 e. The number of rotatable bonds is 4. The van der Waals surface area contributed by atoms with Crippen LogP contribution in [0.5, 0.6) is 0 Å². The molecule has 0 saturated heterocycles. The van der Waals surface area contributed by atoms with E-state index >= 15 is 0 Å². The topological polar surface area (TPSA) is 30.3 Å². The molecule has 0 fully saturated rings. The summed E-state index contributed by atoms with van der Waals surface area (Å²) in [6, 6.07) is 16.2. The lowest BCUT2D eigenvalue weighted by molar-refractivity contribution is 0.546. The van der Waals surface area contributed by atoms with Crippen molar-refractivity contribution in [2.75, 3.05) is 11.6 Å². The summed E-state index contributed by atoms with van der Waals surface area (Å²) in [5.41, 5.74) is 2.79. The quantitative estimate of drug-likeness (QED) is 0.855. The van der Waals surface area contributed by atoms with E-state index in [1.54, 1.807) is 12.1 Å². The van der Waals surface area contributed by atoms with Gasteiger partial charge in [-0.25, -0.2) is 4.39 Å². The van der Waals surface area contributed by atoms with Gasteiger partial charge in [0.1, 0.15) is 5.82 Å². The van der Waals surface area contributed by atoms with Gasteiger partial charge in [-0.3, -0.25) is 0 Å². The molecule has 0 unspecified atom stereocenters. The average Bonchev–Trinajstić information content (AvgIpc) is 3.06. The molecule has 2 aromatic carbocycles. The lowest BCUT2D eigenvalue weighted by Crippen LogP contribution is -2.21. The monoisotopic (exact) mass is 305 g/mol. The first-order valence-electron chi connectivity index (χ1n) is 7.36. The van der Waals surface area contributed by atoms with Crippen molar-refractivity contribution in [3.63, 3.8) is 0 Å². The highest BCUT2D eigenvalue weighted by Crippen LogP contribution is 2.20. The highest BCUT2D eigenvalue weighted by molar-refractivity contribution is 5.52. The number of hydrogen-bond donors (Lipinski definition) is 0. The van der Waals surface area contributed by atoms with Crippen LogP contribution in [0.3, 0.4) is 0 Å². The van der Waals surface area contributed by atoms with E-state index in [0.29, 0.717) is 5.56 Å². The molecule has 0 aliphatic carbocycles. The lowest BCUT2D eigenvalue weighted by atomic mass is 10.1. The Bertz CT molecular complexity index is 755. The van der Waals surface area contributed by atoms with Gasteiger partial charge in [-0.1, -0.05) is 18.2 Å². The van der Waals surface area contributed by atoms with Crippen LogP contribution < -0.4 is 4.90 Å². The molecule has 0 saturated carbocycles. The fraction of sp³-hybridized carbons (Fsp3) is 0.105. The second-order valence-corrected chi connectivity index (χ2v) is 5.30. The average molecular weight is 305 g/mol. The van der Waals surface area contributed by atoms with Crippen LogP contribution in [0.1, 0.15) is 11.1 Å². The van der Waals surface area contributed by atoms with Crippen molar-refractivity contribution < 1.29 is 4.39 Å². The molecule has 0 amide bonds. The zero-order chi connectivity index (χ0) is 16.1. The second-order valence-electron chi connectivity index (χ2n) is 5.30. The molecule has 3 nitrogen and oxygen atoms in total. The van der Waals surface area contributed by atoms with E-state index in [2.05, 4.69) is 21.9 Å². The predicted molar refractivity (Wildman–Crippen MR) is 88.7 cm³/mol. The Labute approximate surface area is 135 Å². The van der Waals surface area contributed by atoms with Gasteiger partial charge in [-0.2, -0.15) is 5.26 Å². The third-order valence-corrected chi connectivity index (χ3v) is 3.65. The standard InChI is InChI=1S/C19H16FN3/c20-18-7-3-16(4-8-18)2-1-11-22-12-13-23(15-22)19-9-5-17(14-21)6-10-19/h1,3-13H,2,15H2. The van der Waals surface area contributed by atoms with Gasteiger partial charge in [-0.05, 0) is 48.4 Å². The Kier molecular flexibility index (Phi) is 4.39. The third-order valence-electron chi connectivity index (χ3n) is 3.65. The van der Waals surface area contributed by atoms with Gasteiger partial charge < -0.3 is 9.80 Å². The summed E-state index contributed by atoms with van der Waals surface area (Å²) in [4.78, 5) is 4.17. The first kappa shape index (κ1) is 14.9. The van der Waals surface area contributed by atoms with Gasteiger partial charge >= 0.3 is 0 Å². The van der Waals surface area contributed by atoms with E-state index in [1.165, 1.54) is 12.1 Å². The summed E-state index contributed by atoms with van der Waals surface area (Å²) >= 11 is 0. The molecular weight excluding hydrogens is 289 g/mol. The van der Waals surface area contributed by atoms with Crippen LogP contribution in [0, 0.1) is 17.1 Å². The fourth-order valence-corrected chi connectivity index (χ4v) is 2.37. The minimum atomic E-state index is -0.210. The van der Waals surface area contributed by atoms with Crippen LogP contribution in [0.4, 0.5) is 10.1 Å². The maximum atomic E-state index is 12.8. The molecule has 2 aromatic rings. The number of hydrogen-bond acceptors (Lipinski definition) is 3. The Hall–Kier alpha value is -3.06. The minimum absolute atomic E-state index is 0.210. The number of anilines is 1. The van der Waals surface area contributed by atoms with Crippen LogP contribution in [-0.2, 0) is 6.42 Å². The third kappa shape index (κ3) is 3.78. The molecule has 0 aromatic heterocycles. The maximum absolute atomic E-state index is 12.8. The lowest BCUT2D eigenvalue weighted by Gasteiger charge is -2.18. The van der Waals surface area contributed by atoms with Crippen LogP contribution in [0.15, 0.2) is 73.2 Å². The van der Waals surface area contributed by atoms with Gasteiger partial charge in [-0.15, -0.1) is 0 Å². The zero-order valence-corrected chi connectivity index (χ0v) is 12.6. The van der Waals surface area contributed by atoms with Crippen molar-refractivity contribution in [3.8, 4) is 6.07 Å². The number of nitrogens with zero attached hydrogens (tertiary/aromatic N) is 3. The van der Waals surface area contributed by atoms with Crippen LogP contribution in [0.25, 0.3) is 0 Å². The largest absolute Gasteiger partial charge is 0.335 e. The molecule has 1 aliphatic heterocycles. The van der Waals surface area contributed by atoms with Crippen molar-refractivity contribution in [2.45, 2.75) is 6.42 Å². The summed E-state index contributed by atoms with van der Waals surface area (Å²) in [6.07, 6.45) is 8.84. The summed E-state index contributed by atoms with van der Waals surface area (Å²) in [7, 11) is 0. The molecule has 0 bridgehead atoms. The van der Waals surface area contributed by atoms with Crippen molar-refractivity contribution in [1.82, 2.24) is 4.90 Å². The van der Waals surface area contributed by atoms with Crippen molar-refractivity contribution in [1.29, 1.82) is 5.26 Å². The second kappa shape index (κ2) is 6.80. The first-order valence-corrected chi connectivity index (χ1v) is 7.36. The van der Waals surface area contributed by atoms with Crippen molar-refractivity contribution in [3.05, 3.63) is 90.2 Å². The molecule has 0 spiro atoms. The van der Waals surface area contributed by atoms with E-state index in [1.807, 2.05) is 42.9 Å². The molecule has 23 heavy (non-hydrogen) atoms. The Morgan fingerprint density at radius 3 is 2.48 bits per heavy atom. The molecule has 0 N–H and O–H groups in total. The normalized spacial score (nSPS) is 13.7. The summed E-state index contributed by atoms with van der Waals surface area (Å²) in [5, 5.41) is 8.83. The van der Waals surface area contributed by atoms with Gasteiger partial charge in [0.25, 0.3) is 0 Å². The Balaban J connectivity index is 1.55. The number of benzene rings is 2. The van der Waals surface area contributed by atoms with Gasteiger partial charge in [0.05, 0.1) is 18.3 Å². The van der Waals surface area contributed by atoms with E-state index < -0.39 is 0 Å². The number of halogens is 1. The molecule has 1 aliphatic rings. The molecule has 4 heteroatoms. The summed E-state index contributed by atoms with van der Waals surface area (Å²) in [5.74, 6) is -0.210. The zero-order valence-electron chi connectivity index (χ0n) is 12.6. The van der Waals surface area contributed by atoms with Crippen molar-refractivity contribution >= 4 is 5.69 Å². The number of nitriles is 1. The maximum Gasteiger partial charge on any atom is 0.123 e. The van der Waals surface area contributed by atoms with E-state index in [0.717, 1.165) is 24.3 Å². The molecule has 0 atom stereocenters. The summed E-state index contributed by atoms with van der Waals surface area (Å²) < 4.78 is 12.8. The molecule has 3 rings (SSSR count). The first-order chi connectivity index (χ1) is 11.2. The fourth-order valence-electron chi connectivity index (χ4n) is 2.37. The van der Waals surface area contributed by atoms with Gasteiger partial charge in [0.15, 0.2) is 0 Å². The van der Waals surface area contributed by atoms with Gasteiger partial charge in [0, 0.05) is 24.3 Å². The number of allylic oxidation sites excluding steroid dienone is 1. The molecule has 0 radical (unpaired) electrons. The van der Waals surface area contributed by atoms with E-state index in [4.69, 9.17) is 5.26 Å². The van der Waals surface area contributed by atoms with Gasteiger partial charge in [0.2, 0.25) is 0 Å². The summed E-state index contributed by atoms with van der Waals surface area (Å²) in [6.45, 7) is 0.728.